The van der Waals surface area contributed by atoms with E-state index in [2.05, 4.69) is 26.0 Å². The fraction of sp³-hybridized carbons (Fsp3) is 0.911. The van der Waals surface area contributed by atoms with Crippen molar-refractivity contribution >= 4 is 19.8 Å². The first kappa shape index (κ1) is 53.8. The molecule has 9 nitrogen and oxygen atoms in total. The Hall–Kier alpha value is -1.25. The van der Waals surface area contributed by atoms with E-state index < -0.39 is 26.5 Å². The molecule has 0 heterocycles. The first-order chi connectivity index (χ1) is 26.5. The van der Waals surface area contributed by atoms with Crippen LogP contribution in [-0.2, 0) is 32.7 Å². The summed E-state index contributed by atoms with van der Waals surface area (Å²) in [6.45, 7) is 4.24. The number of carbonyl (C=O) groups excluding carboxylic acids is 2. The van der Waals surface area contributed by atoms with Crippen LogP contribution < -0.4 is 4.89 Å². The zero-order valence-corrected chi connectivity index (χ0v) is 37.5. The fourth-order valence-corrected chi connectivity index (χ4v) is 7.14. The average molecular weight is 802 g/mol. The summed E-state index contributed by atoms with van der Waals surface area (Å²) >= 11 is 0. The number of rotatable bonds is 42. The van der Waals surface area contributed by atoms with Crippen LogP contribution in [0.25, 0.3) is 0 Å². The van der Waals surface area contributed by atoms with Gasteiger partial charge in [0.05, 0.1) is 27.7 Å². The van der Waals surface area contributed by atoms with E-state index in [1.807, 2.05) is 21.1 Å². The lowest BCUT2D eigenvalue weighted by Crippen LogP contribution is -2.37. The summed E-state index contributed by atoms with van der Waals surface area (Å²) in [5.74, 6) is -0.842. The van der Waals surface area contributed by atoms with Gasteiger partial charge in [0.15, 0.2) is 6.10 Å². The van der Waals surface area contributed by atoms with Gasteiger partial charge in [-0.05, 0) is 38.5 Å². The van der Waals surface area contributed by atoms with Crippen LogP contribution in [0.5, 0.6) is 0 Å². The summed E-state index contributed by atoms with van der Waals surface area (Å²) < 4.78 is 33.9. The highest BCUT2D eigenvalue weighted by molar-refractivity contribution is 7.45. The minimum atomic E-state index is -4.62. The number of allylic oxidation sites excluding steroid dienone is 2. The van der Waals surface area contributed by atoms with E-state index in [1.165, 1.54) is 135 Å². The van der Waals surface area contributed by atoms with Gasteiger partial charge in [-0.25, -0.2) is 0 Å². The highest BCUT2D eigenvalue weighted by Crippen LogP contribution is 2.38. The van der Waals surface area contributed by atoms with Crippen LogP contribution in [0.2, 0.25) is 0 Å². The summed E-state index contributed by atoms with van der Waals surface area (Å²) in [4.78, 5) is 37.5. The van der Waals surface area contributed by atoms with Crippen molar-refractivity contribution in [2.24, 2.45) is 0 Å². The standard InChI is InChI=1S/C45H88NO8P/c1-6-8-10-12-14-16-18-20-22-24-25-27-29-31-33-35-37-44(47)51-41-43(42-53-55(49,50)52-40-39-46(3,4)5)54-45(48)38-36-34-32-30-28-26-23-21-19-17-15-13-11-9-7-2/h26,28,43H,6-25,27,29-42H2,1-5H3/b28-26+/t43-/m1/s1. The van der Waals surface area contributed by atoms with Crippen molar-refractivity contribution in [3.63, 3.8) is 0 Å². The van der Waals surface area contributed by atoms with Crippen molar-refractivity contribution < 1.29 is 42.1 Å². The smallest absolute Gasteiger partial charge is 0.306 e. The molecule has 2 atom stereocenters. The number of hydrogen-bond donors (Lipinski definition) is 0. The van der Waals surface area contributed by atoms with Crippen molar-refractivity contribution in [2.75, 3.05) is 47.5 Å². The summed E-state index contributed by atoms with van der Waals surface area (Å²) in [7, 11) is 1.17. The number of unbranched alkanes of at least 4 members (excludes halogenated alkanes) is 26. The fourth-order valence-electron chi connectivity index (χ4n) is 6.41. The molecule has 0 rings (SSSR count). The molecule has 0 spiro atoms. The monoisotopic (exact) mass is 802 g/mol. The van der Waals surface area contributed by atoms with Gasteiger partial charge in [-0.3, -0.25) is 14.2 Å². The van der Waals surface area contributed by atoms with Crippen molar-refractivity contribution in [3.8, 4) is 0 Å². The first-order valence-electron chi connectivity index (χ1n) is 22.9. The molecule has 0 aliphatic heterocycles. The summed E-state index contributed by atoms with van der Waals surface area (Å²) in [6.07, 6.45) is 39.5. The lowest BCUT2D eigenvalue weighted by molar-refractivity contribution is -0.870. The third kappa shape index (κ3) is 42.2. The highest BCUT2D eigenvalue weighted by atomic mass is 31.2. The Balaban J connectivity index is 4.33. The molecule has 10 heteroatoms. The first-order valence-corrected chi connectivity index (χ1v) is 24.4. The van der Waals surface area contributed by atoms with Crippen LogP contribution in [0.4, 0.5) is 0 Å². The van der Waals surface area contributed by atoms with E-state index in [1.54, 1.807) is 0 Å². The van der Waals surface area contributed by atoms with E-state index in [0.717, 1.165) is 44.9 Å². The van der Waals surface area contributed by atoms with Crippen molar-refractivity contribution in [2.45, 2.75) is 219 Å². The Morgan fingerprint density at radius 3 is 1.36 bits per heavy atom. The number of hydrogen-bond acceptors (Lipinski definition) is 8. The maximum absolute atomic E-state index is 12.7. The van der Waals surface area contributed by atoms with Crippen LogP contribution in [-0.4, -0.2) is 70.0 Å². The van der Waals surface area contributed by atoms with Gasteiger partial charge in [0.2, 0.25) is 0 Å². The van der Waals surface area contributed by atoms with Crippen molar-refractivity contribution in [1.82, 2.24) is 0 Å². The Morgan fingerprint density at radius 2 is 0.927 bits per heavy atom. The molecule has 0 saturated carbocycles. The molecule has 0 aromatic rings. The lowest BCUT2D eigenvalue weighted by atomic mass is 10.0. The van der Waals surface area contributed by atoms with Crippen LogP contribution in [0.1, 0.15) is 213 Å². The van der Waals surface area contributed by atoms with Gasteiger partial charge in [0.25, 0.3) is 7.82 Å². The zero-order chi connectivity index (χ0) is 40.7. The van der Waals surface area contributed by atoms with Gasteiger partial charge in [0.1, 0.15) is 19.8 Å². The van der Waals surface area contributed by atoms with Gasteiger partial charge < -0.3 is 27.9 Å². The number of nitrogens with zero attached hydrogens (tertiary/aromatic N) is 1. The number of likely N-dealkylation sites (N-methyl/N-ethyl adjacent to an activating group) is 1. The van der Waals surface area contributed by atoms with Gasteiger partial charge in [-0.1, -0.05) is 174 Å². The lowest BCUT2D eigenvalue weighted by Gasteiger charge is -2.28. The Kier molecular flexibility index (Phi) is 37.4. The second-order valence-corrected chi connectivity index (χ2v) is 18.2. The minimum Gasteiger partial charge on any atom is -0.756 e. The largest absolute Gasteiger partial charge is 0.756 e. The van der Waals surface area contributed by atoms with Crippen molar-refractivity contribution in [1.29, 1.82) is 0 Å². The van der Waals surface area contributed by atoms with E-state index >= 15 is 0 Å². The van der Waals surface area contributed by atoms with Crippen LogP contribution in [0.15, 0.2) is 12.2 Å². The van der Waals surface area contributed by atoms with Crippen molar-refractivity contribution in [3.05, 3.63) is 12.2 Å². The number of phosphoric ester groups is 1. The molecule has 0 aromatic carbocycles. The average Bonchev–Trinajstić information content (AvgIpc) is 3.13. The Labute approximate surface area is 339 Å². The molecule has 0 aromatic heterocycles. The molecular weight excluding hydrogens is 713 g/mol. The minimum absolute atomic E-state index is 0.0303. The molecule has 0 amide bonds. The molecule has 1 unspecified atom stereocenters. The van der Waals surface area contributed by atoms with Gasteiger partial charge in [-0.15, -0.1) is 0 Å². The molecule has 0 aliphatic rings. The second-order valence-electron chi connectivity index (χ2n) is 16.8. The molecule has 0 bridgehead atoms. The molecule has 0 fully saturated rings. The van der Waals surface area contributed by atoms with Crippen LogP contribution in [0, 0.1) is 0 Å². The quantitative estimate of drug-likeness (QED) is 0.0197. The van der Waals surface area contributed by atoms with Crippen LogP contribution >= 0.6 is 7.82 Å². The third-order valence-electron chi connectivity index (χ3n) is 10.0. The Morgan fingerprint density at radius 1 is 0.545 bits per heavy atom. The topological polar surface area (TPSA) is 111 Å². The molecular formula is C45H88NO8P. The van der Waals surface area contributed by atoms with E-state index in [-0.39, 0.29) is 32.0 Å². The van der Waals surface area contributed by atoms with E-state index in [4.69, 9.17) is 18.5 Å². The normalized spacial score (nSPS) is 13.6. The molecule has 0 N–H and O–H groups in total. The van der Waals surface area contributed by atoms with Crippen LogP contribution in [0.3, 0.4) is 0 Å². The van der Waals surface area contributed by atoms with Gasteiger partial charge in [-0.2, -0.15) is 0 Å². The SMILES string of the molecule is CCCCCCCCCC/C=C/CCCCCC(=O)O[C@H](COC(=O)CCCCCCCCCCCCCCCCCC)COP(=O)([O-])OCC[N+](C)(C)C. The second kappa shape index (κ2) is 38.3. The number of quaternary nitrogens is 1. The number of esters is 2. The summed E-state index contributed by atoms with van der Waals surface area (Å²) in [5.41, 5.74) is 0. The number of ether oxygens (including phenoxy) is 2. The maximum atomic E-state index is 12.7. The molecule has 0 saturated heterocycles. The molecule has 0 radical (unpaired) electrons. The Bertz CT molecular complexity index is 954. The third-order valence-corrected chi connectivity index (χ3v) is 11.0. The van der Waals surface area contributed by atoms with Gasteiger partial charge >= 0.3 is 11.9 Å². The molecule has 0 aliphatic carbocycles. The summed E-state index contributed by atoms with van der Waals surface area (Å²) in [6, 6.07) is 0. The molecule has 55 heavy (non-hydrogen) atoms. The van der Waals surface area contributed by atoms with E-state index in [9.17, 15) is 19.0 Å². The van der Waals surface area contributed by atoms with Gasteiger partial charge in [0, 0.05) is 12.8 Å². The number of carbonyl (C=O) groups is 2. The summed E-state index contributed by atoms with van der Waals surface area (Å²) in [5, 5.41) is 0. The number of phosphoric acid groups is 1. The maximum Gasteiger partial charge on any atom is 0.306 e. The predicted molar refractivity (Wildman–Crippen MR) is 227 cm³/mol. The zero-order valence-electron chi connectivity index (χ0n) is 36.6. The predicted octanol–water partition coefficient (Wildman–Crippen LogP) is 12.3. The molecule has 326 valence electrons. The highest BCUT2D eigenvalue weighted by Gasteiger charge is 2.21. The van der Waals surface area contributed by atoms with E-state index in [0.29, 0.717) is 17.4 Å².